The van der Waals surface area contributed by atoms with Crippen LogP contribution in [0, 0.1) is 6.92 Å². The molecule has 0 spiro atoms. The molecule has 0 fully saturated rings. The predicted molar refractivity (Wildman–Crippen MR) is 121 cm³/mol. The van der Waals surface area contributed by atoms with Gasteiger partial charge in [-0.25, -0.2) is 4.79 Å². The lowest BCUT2D eigenvalue weighted by molar-refractivity contribution is -0.155. The van der Waals surface area contributed by atoms with Crippen molar-refractivity contribution in [1.82, 2.24) is 5.32 Å². The number of aryl methyl sites for hydroxylation is 1. The number of carbonyl (C=O) groups excluding carboxylic acids is 3. The maximum Gasteiger partial charge on any atom is 0.407 e. The predicted octanol–water partition coefficient (Wildman–Crippen LogP) is 4.50. The van der Waals surface area contributed by atoms with Gasteiger partial charge in [0.1, 0.15) is 11.2 Å². The molecule has 168 valence electrons. The van der Waals surface area contributed by atoms with Gasteiger partial charge in [0.25, 0.3) is 0 Å². The van der Waals surface area contributed by atoms with E-state index in [2.05, 4.69) is 26.6 Å². The zero-order valence-electron chi connectivity index (χ0n) is 18.8. The van der Waals surface area contributed by atoms with Crippen LogP contribution in [0.4, 0.5) is 10.5 Å². The van der Waals surface area contributed by atoms with Crippen LogP contribution in [0.15, 0.2) is 18.2 Å². The Hall–Kier alpha value is -2.09. The highest BCUT2D eigenvalue weighted by molar-refractivity contribution is 9.09. The van der Waals surface area contributed by atoms with Crippen LogP contribution in [-0.4, -0.2) is 40.5 Å². The van der Waals surface area contributed by atoms with Crippen molar-refractivity contribution in [2.45, 2.75) is 78.6 Å². The Morgan fingerprint density at radius 1 is 1.03 bits per heavy atom. The third-order valence-electron chi connectivity index (χ3n) is 3.77. The van der Waals surface area contributed by atoms with E-state index in [1.54, 1.807) is 41.5 Å². The fraction of sp³-hybridized carbons (Fsp3) is 0.591. The molecule has 0 unspecified atom stereocenters. The minimum atomic E-state index is -0.656. The van der Waals surface area contributed by atoms with Crippen LogP contribution in [0.25, 0.3) is 0 Å². The van der Waals surface area contributed by atoms with Gasteiger partial charge >= 0.3 is 12.1 Å². The van der Waals surface area contributed by atoms with Crippen molar-refractivity contribution in [3.63, 3.8) is 0 Å². The Balaban J connectivity index is 3.03. The molecule has 1 aromatic carbocycles. The molecule has 1 rings (SSSR count). The van der Waals surface area contributed by atoms with Crippen LogP contribution in [0.2, 0.25) is 0 Å². The van der Waals surface area contributed by atoms with E-state index in [9.17, 15) is 14.4 Å². The number of hydrogen-bond donors (Lipinski definition) is 2. The SMILES string of the molecule is Cc1ccc(NC(=O)CBr)cc1C[C@@H](CC(=O)OC(C)(C)C)NC(=O)OC(C)(C)C. The first-order valence-corrected chi connectivity index (χ1v) is 11.0. The second kappa shape index (κ2) is 10.8. The average molecular weight is 485 g/mol. The molecule has 1 atom stereocenters. The van der Waals surface area contributed by atoms with Crippen molar-refractivity contribution < 1.29 is 23.9 Å². The van der Waals surface area contributed by atoms with Crippen LogP contribution in [0.3, 0.4) is 0 Å². The molecule has 0 radical (unpaired) electrons. The molecule has 0 aliphatic heterocycles. The molecule has 1 aromatic rings. The third-order valence-corrected chi connectivity index (χ3v) is 4.28. The van der Waals surface area contributed by atoms with E-state index in [1.165, 1.54) is 0 Å². The summed E-state index contributed by atoms with van der Waals surface area (Å²) in [6.45, 7) is 12.6. The van der Waals surface area contributed by atoms with E-state index in [0.717, 1.165) is 11.1 Å². The van der Waals surface area contributed by atoms with Gasteiger partial charge in [0, 0.05) is 11.7 Å². The van der Waals surface area contributed by atoms with Gasteiger partial charge in [0.2, 0.25) is 5.91 Å². The number of halogens is 1. The van der Waals surface area contributed by atoms with Crippen molar-refractivity contribution >= 4 is 39.6 Å². The number of alkyl halides is 1. The highest BCUT2D eigenvalue weighted by Gasteiger charge is 2.25. The van der Waals surface area contributed by atoms with E-state index in [1.807, 2.05) is 25.1 Å². The minimum absolute atomic E-state index is 0.00601. The van der Waals surface area contributed by atoms with Gasteiger partial charge in [-0.05, 0) is 78.1 Å². The van der Waals surface area contributed by atoms with Gasteiger partial charge < -0.3 is 20.1 Å². The molecule has 0 saturated heterocycles. The van der Waals surface area contributed by atoms with Gasteiger partial charge in [-0.3, -0.25) is 9.59 Å². The van der Waals surface area contributed by atoms with Crippen LogP contribution >= 0.6 is 15.9 Å². The molecule has 0 heterocycles. The highest BCUT2D eigenvalue weighted by Crippen LogP contribution is 2.19. The lowest BCUT2D eigenvalue weighted by Crippen LogP contribution is -2.42. The summed E-state index contributed by atoms with van der Waals surface area (Å²) < 4.78 is 10.8. The number of hydrogen-bond acceptors (Lipinski definition) is 5. The Morgan fingerprint density at radius 2 is 1.63 bits per heavy atom. The fourth-order valence-corrected chi connectivity index (χ4v) is 2.80. The number of nitrogens with one attached hydrogen (secondary N) is 2. The molecule has 2 amide bonds. The molecule has 0 bridgehead atoms. The minimum Gasteiger partial charge on any atom is -0.460 e. The largest absolute Gasteiger partial charge is 0.460 e. The Morgan fingerprint density at radius 3 is 2.17 bits per heavy atom. The first-order chi connectivity index (χ1) is 13.7. The summed E-state index contributed by atoms with van der Waals surface area (Å²) in [5.41, 5.74) is 1.24. The maximum absolute atomic E-state index is 12.4. The number of ether oxygens (including phenoxy) is 2. The first-order valence-electron chi connectivity index (χ1n) is 9.85. The van der Waals surface area contributed by atoms with Gasteiger partial charge in [-0.1, -0.05) is 22.0 Å². The number of esters is 1. The molecule has 7 nitrogen and oxygen atoms in total. The Labute approximate surface area is 187 Å². The van der Waals surface area contributed by atoms with E-state index in [-0.39, 0.29) is 17.7 Å². The average Bonchev–Trinajstić information content (AvgIpc) is 2.54. The van der Waals surface area contributed by atoms with Crippen molar-refractivity contribution in [2.75, 3.05) is 10.6 Å². The third kappa shape index (κ3) is 10.6. The fourth-order valence-electron chi connectivity index (χ4n) is 2.66. The van der Waals surface area contributed by atoms with Gasteiger partial charge in [-0.2, -0.15) is 0 Å². The van der Waals surface area contributed by atoms with Gasteiger partial charge in [0.05, 0.1) is 11.8 Å². The van der Waals surface area contributed by atoms with Crippen molar-refractivity contribution in [3.05, 3.63) is 29.3 Å². The number of carbonyl (C=O) groups is 3. The summed E-state index contributed by atoms with van der Waals surface area (Å²) >= 11 is 3.12. The molecule has 0 saturated carbocycles. The van der Waals surface area contributed by atoms with Crippen LogP contribution in [-0.2, 0) is 25.5 Å². The van der Waals surface area contributed by atoms with Gasteiger partial charge in [0.15, 0.2) is 0 Å². The van der Waals surface area contributed by atoms with Crippen molar-refractivity contribution in [2.24, 2.45) is 0 Å². The van der Waals surface area contributed by atoms with E-state index < -0.39 is 29.3 Å². The summed E-state index contributed by atoms with van der Waals surface area (Å²) in [6, 6.07) is 5.01. The van der Waals surface area contributed by atoms with Crippen molar-refractivity contribution in [1.29, 1.82) is 0 Å². The zero-order chi connectivity index (χ0) is 23.1. The number of benzene rings is 1. The second-order valence-corrected chi connectivity index (χ2v) is 9.72. The molecule has 30 heavy (non-hydrogen) atoms. The lowest BCUT2D eigenvalue weighted by atomic mass is 9.98. The molecule has 0 aliphatic rings. The van der Waals surface area contributed by atoms with Crippen molar-refractivity contribution in [3.8, 4) is 0 Å². The number of anilines is 1. The standard InChI is InChI=1S/C22H33BrN2O5/c1-14-8-9-16(24-18(26)13-23)10-15(14)11-17(12-19(27)29-21(2,3)4)25-20(28)30-22(5,6)7/h8-10,17H,11-13H2,1-7H3,(H,24,26)(H,25,28)/t17-/m0/s1. The zero-order valence-corrected chi connectivity index (χ0v) is 20.4. The molecular weight excluding hydrogens is 452 g/mol. The first kappa shape index (κ1) is 25.9. The Bertz CT molecular complexity index is 736. The monoisotopic (exact) mass is 484 g/mol. The van der Waals surface area contributed by atoms with E-state index in [4.69, 9.17) is 9.47 Å². The number of amides is 2. The van der Waals surface area contributed by atoms with Crippen LogP contribution < -0.4 is 10.6 Å². The van der Waals surface area contributed by atoms with Crippen LogP contribution in [0.1, 0.15) is 59.1 Å². The van der Waals surface area contributed by atoms with Crippen LogP contribution in [0.5, 0.6) is 0 Å². The van der Waals surface area contributed by atoms with E-state index in [0.29, 0.717) is 12.1 Å². The summed E-state index contributed by atoms with van der Waals surface area (Å²) in [6.07, 6.45) is -0.228. The summed E-state index contributed by atoms with van der Waals surface area (Å²) in [5, 5.41) is 5.76. The summed E-state index contributed by atoms with van der Waals surface area (Å²) in [5.74, 6) is -0.577. The topological polar surface area (TPSA) is 93.7 Å². The smallest absolute Gasteiger partial charge is 0.407 e. The normalized spacial score (nSPS) is 12.7. The highest BCUT2D eigenvalue weighted by atomic mass is 79.9. The summed E-state index contributed by atoms with van der Waals surface area (Å²) in [7, 11) is 0. The van der Waals surface area contributed by atoms with Gasteiger partial charge in [-0.15, -0.1) is 0 Å². The maximum atomic E-state index is 12.4. The second-order valence-electron chi connectivity index (χ2n) is 9.16. The molecule has 8 heteroatoms. The quantitative estimate of drug-likeness (QED) is 0.438. The number of alkyl carbamates (subject to hydrolysis) is 1. The molecular formula is C22H33BrN2O5. The molecule has 0 aromatic heterocycles. The van der Waals surface area contributed by atoms with E-state index >= 15 is 0 Å². The summed E-state index contributed by atoms with van der Waals surface area (Å²) in [4.78, 5) is 36.4. The molecule has 2 N–H and O–H groups in total. The Kier molecular flexibility index (Phi) is 9.34. The number of rotatable bonds is 7. The lowest BCUT2D eigenvalue weighted by Gasteiger charge is -2.25. The molecule has 0 aliphatic carbocycles.